The molecule has 0 saturated heterocycles. The van der Waals surface area contributed by atoms with Gasteiger partial charge in [-0.25, -0.2) is 4.79 Å². The number of amides is 2. The molecule has 0 radical (unpaired) electrons. The summed E-state index contributed by atoms with van der Waals surface area (Å²) in [5.41, 5.74) is 2.09. The molecule has 118 valence electrons. The van der Waals surface area contributed by atoms with Gasteiger partial charge < -0.3 is 19.9 Å². The molecule has 0 unspecified atom stereocenters. The highest BCUT2D eigenvalue weighted by Gasteiger charge is 2.14. The number of carbonyl (C=O) groups excluding carboxylic acids is 1. The summed E-state index contributed by atoms with van der Waals surface area (Å²) in [5.74, 6) is 0.704. The summed E-state index contributed by atoms with van der Waals surface area (Å²) >= 11 is 0. The number of hydrogen-bond acceptors (Lipinski definition) is 4. The van der Waals surface area contributed by atoms with E-state index >= 15 is 0 Å². The standard InChI is InChI=1S/C15H21N5O2/c1-11(14-19-17-10-20(14)2)18-15(21)16-8-12-6-4-5-7-13(12)9-22-3/h4-7,10-11H,8-9H2,1-3H3,(H2,16,18,21)/t11-/m1/s1. The van der Waals surface area contributed by atoms with Gasteiger partial charge in [0.25, 0.3) is 0 Å². The zero-order chi connectivity index (χ0) is 15.9. The van der Waals surface area contributed by atoms with Crippen molar-refractivity contribution in [3.05, 3.63) is 47.5 Å². The van der Waals surface area contributed by atoms with E-state index in [0.717, 1.165) is 11.1 Å². The van der Waals surface area contributed by atoms with E-state index in [1.807, 2.05) is 38.2 Å². The molecule has 7 heteroatoms. The minimum Gasteiger partial charge on any atom is -0.380 e. The first-order valence-corrected chi connectivity index (χ1v) is 7.05. The number of urea groups is 1. The SMILES string of the molecule is COCc1ccccc1CNC(=O)N[C@H](C)c1nncn1C. The Bertz CT molecular complexity index is 626. The van der Waals surface area contributed by atoms with Crippen molar-refractivity contribution in [2.45, 2.75) is 26.1 Å². The summed E-state index contributed by atoms with van der Waals surface area (Å²) < 4.78 is 6.93. The van der Waals surface area contributed by atoms with E-state index in [1.165, 1.54) is 0 Å². The van der Waals surface area contributed by atoms with E-state index in [9.17, 15) is 4.79 Å². The number of aromatic nitrogens is 3. The number of nitrogens with one attached hydrogen (secondary N) is 2. The van der Waals surface area contributed by atoms with Crippen LogP contribution in [0.5, 0.6) is 0 Å². The smallest absolute Gasteiger partial charge is 0.315 e. The Kier molecular flexibility index (Phi) is 5.48. The van der Waals surface area contributed by atoms with Gasteiger partial charge in [-0.2, -0.15) is 0 Å². The second-order valence-electron chi connectivity index (χ2n) is 5.05. The van der Waals surface area contributed by atoms with Gasteiger partial charge in [-0.3, -0.25) is 0 Å². The number of aryl methyl sites for hydroxylation is 1. The second-order valence-corrected chi connectivity index (χ2v) is 5.05. The first kappa shape index (κ1) is 16.0. The van der Waals surface area contributed by atoms with Crippen molar-refractivity contribution in [2.75, 3.05) is 7.11 Å². The van der Waals surface area contributed by atoms with Crippen molar-refractivity contribution >= 4 is 6.03 Å². The molecule has 0 aliphatic rings. The van der Waals surface area contributed by atoms with Crippen LogP contribution in [-0.4, -0.2) is 27.9 Å². The molecule has 1 heterocycles. The van der Waals surface area contributed by atoms with E-state index in [0.29, 0.717) is 19.0 Å². The van der Waals surface area contributed by atoms with Crippen LogP contribution >= 0.6 is 0 Å². The summed E-state index contributed by atoms with van der Waals surface area (Å²) in [7, 11) is 3.49. The van der Waals surface area contributed by atoms with Gasteiger partial charge in [0.15, 0.2) is 5.82 Å². The van der Waals surface area contributed by atoms with Crippen LogP contribution in [0, 0.1) is 0 Å². The lowest BCUT2D eigenvalue weighted by molar-refractivity contribution is 0.184. The molecule has 0 bridgehead atoms. The van der Waals surface area contributed by atoms with Crippen LogP contribution in [-0.2, 0) is 24.9 Å². The van der Waals surface area contributed by atoms with Crippen LogP contribution in [0.2, 0.25) is 0 Å². The monoisotopic (exact) mass is 303 g/mol. The molecular formula is C15H21N5O2. The van der Waals surface area contributed by atoms with Gasteiger partial charge in [0.2, 0.25) is 0 Å². The van der Waals surface area contributed by atoms with Gasteiger partial charge in [-0.1, -0.05) is 24.3 Å². The Morgan fingerprint density at radius 1 is 1.36 bits per heavy atom. The van der Waals surface area contributed by atoms with Crippen molar-refractivity contribution in [3.8, 4) is 0 Å². The van der Waals surface area contributed by atoms with Crippen molar-refractivity contribution in [3.63, 3.8) is 0 Å². The Balaban J connectivity index is 1.89. The maximum atomic E-state index is 12.0. The van der Waals surface area contributed by atoms with Gasteiger partial charge in [0.05, 0.1) is 12.6 Å². The lowest BCUT2D eigenvalue weighted by atomic mass is 10.1. The third-order valence-corrected chi connectivity index (χ3v) is 3.34. The van der Waals surface area contributed by atoms with E-state index in [4.69, 9.17) is 4.74 Å². The number of hydrogen-bond donors (Lipinski definition) is 2. The summed E-state index contributed by atoms with van der Waals surface area (Å²) in [6.07, 6.45) is 1.60. The van der Waals surface area contributed by atoms with Crippen LogP contribution in [0.25, 0.3) is 0 Å². The molecule has 1 aromatic carbocycles. The number of methoxy groups -OCH3 is 1. The fraction of sp³-hybridized carbons (Fsp3) is 0.400. The predicted molar refractivity (Wildman–Crippen MR) is 81.9 cm³/mol. The minimum absolute atomic E-state index is 0.221. The van der Waals surface area contributed by atoms with E-state index in [-0.39, 0.29) is 12.1 Å². The average molecular weight is 303 g/mol. The Morgan fingerprint density at radius 2 is 2.09 bits per heavy atom. The lowest BCUT2D eigenvalue weighted by Crippen LogP contribution is -2.37. The van der Waals surface area contributed by atoms with E-state index < -0.39 is 0 Å². The van der Waals surface area contributed by atoms with Crippen LogP contribution in [0.3, 0.4) is 0 Å². The number of nitrogens with zero attached hydrogens (tertiary/aromatic N) is 3. The Labute approximate surface area is 129 Å². The highest BCUT2D eigenvalue weighted by atomic mass is 16.5. The molecule has 2 aromatic rings. The van der Waals surface area contributed by atoms with Crippen molar-refractivity contribution in [1.82, 2.24) is 25.4 Å². The molecule has 7 nitrogen and oxygen atoms in total. The van der Waals surface area contributed by atoms with Crippen LogP contribution in [0.1, 0.15) is 29.9 Å². The number of benzene rings is 1. The first-order chi connectivity index (χ1) is 10.6. The van der Waals surface area contributed by atoms with E-state index in [1.54, 1.807) is 18.0 Å². The largest absolute Gasteiger partial charge is 0.380 e. The second kappa shape index (κ2) is 7.56. The summed E-state index contributed by atoms with van der Waals surface area (Å²) in [4.78, 5) is 12.0. The molecule has 0 aliphatic heterocycles. The molecule has 0 fully saturated rings. The molecule has 2 rings (SSSR count). The third-order valence-electron chi connectivity index (χ3n) is 3.34. The van der Waals surface area contributed by atoms with Gasteiger partial charge in [-0.15, -0.1) is 10.2 Å². The van der Waals surface area contributed by atoms with Gasteiger partial charge >= 0.3 is 6.03 Å². The van der Waals surface area contributed by atoms with Crippen LogP contribution in [0.15, 0.2) is 30.6 Å². The topological polar surface area (TPSA) is 81.1 Å². The van der Waals surface area contributed by atoms with Crippen molar-refractivity contribution in [2.24, 2.45) is 7.05 Å². The van der Waals surface area contributed by atoms with Crippen LogP contribution in [0.4, 0.5) is 4.79 Å². The minimum atomic E-state index is -0.247. The van der Waals surface area contributed by atoms with Crippen LogP contribution < -0.4 is 10.6 Å². The normalized spacial score (nSPS) is 12.0. The first-order valence-electron chi connectivity index (χ1n) is 7.05. The highest BCUT2D eigenvalue weighted by molar-refractivity contribution is 5.74. The molecule has 0 aliphatic carbocycles. The maximum Gasteiger partial charge on any atom is 0.315 e. The van der Waals surface area contributed by atoms with Crippen molar-refractivity contribution in [1.29, 1.82) is 0 Å². The molecule has 2 N–H and O–H groups in total. The fourth-order valence-corrected chi connectivity index (χ4v) is 2.20. The maximum absolute atomic E-state index is 12.0. The third kappa shape index (κ3) is 4.05. The molecule has 2 amide bonds. The molecule has 1 atom stereocenters. The Morgan fingerprint density at radius 3 is 2.73 bits per heavy atom. The quantitative estimate of drug-likeness (QED) is 0.848. The lowest BCUT2D eigenvalue weighted by Gasteiger charge is -2.15. The highest BCUT2D eigenvalue weighted by Crippen LogP contribution is 2.10. The fourth-order valence-electron chi connectivity index (χ4n) is 2.20. The molecule has 22 heavy (non-hydrogen) atoms. The summed E-state index contributed by atoms with van der Waals surface area (Å²) in [6.45, 7) is 2.83. The zero-order valence-electron chi connectivity index (χ0n) is 13.0. The zero-order valence-corrected chi connectivity index (χ0v) is 13.0. The summed E-state index contributed by atoms with van der Waals surface area (Å²) in [6, 6.07) is 7.38. The van der Waals surface area contributed by atoms with Gasteiger partial charge in [-0.05, 0) is 18.1 Å². The Hall–Kier alpha value is -2.41. The number of carbonyl (C=O) groups is 1. The predicted octanol–water partition coefficient (Wildman–Crippen LogP) is 1.52. The molecule has 0 saturated carbocycles. The summed E-state index contributed by atoms with van der Waals surface area (Å²) in [5, 5.41) is 13.5. The number of ether oxygens (including phenoxy) is 1. The average Bonchev–Trinajstić information content (AvgIpc) is 2.93. The van der Waals surface area contributed by atoms with Gasteiger partial charge in [0.1, 0.15) is 6.33 Å². The molecular weight excluding hydrogens is 282 g/mol. The van der Waals surface area contributed by atoms with E-state index in [2.05, 4.69) is 20.8 Å². The molecule has 0 spiro atoms. The van der Waals surface area contributed by atoms with Gasteiger partial charge in [0, 0.05) is 20.7 Å². The number of rotatable bonds is 6. The van der Waals surface area contributed by atoms with Crippen molar-refractivity contribution < 1.29 is 9.53 Å². The molecule has 1 aromatic heterocycles.